The predicted molar refractivity (Wildman–Crippen MR) is 79.9 cm³/mol. The van der Waals surface area contributed by atoms with Crippen LogP contribution in [0.15, 0.2) is 35.8 Å². The number of aromatic nitrogens is 1. The molecule has 3 rings (SSSR count). The third-order valence-electron chi connectivity index (χ3n) is 3.45. The van der Waals surface area contributed by atoms with E-state index in [0.717, 1.165) is 37.0 Å². The first-order chi connectivity index (χ1) is 9.74. The largest absolute Gasteiger partial charge is 0.478 e. The van der Waals surface area contributed by atoms with Gasteiger partial charge in [-0.3, -0.25) is 0 Å². The zero-order valence-corrected chi connectivity index (χ0v) is 11.7. The lowest BCUT2D eigenvalue weighted by Gasteiger charge is -2.36. The maximum atomic E-state index is 10.8. The lowest BCUT2D eigenvalue weighted by atomic mass is 10.2. The van der Waals surface area contributed by atoms with E-state index < -0.39 is 5.97 Å². The van der Waals surface area contributed by atoms with Gasteiger partial charge in [0.2, 0.25) is 0 Å². The van der Waals surface area contributed by atoms with Gasteiger partial charge < -0.3 is 14.9 Å². The highest BCUT2D eigenvalue weighted by Gasteiger charge is 2.19. The Labute approximate surface area is 121 Å². The SMILES string of the molecule is O=C(O)c1ccc(N2CCN(c3nccs3)CC2)cc1. The summed E-state index contributed by atoms with van der Waals surface area (Å²) in [5, 5.41) is 12.0. The Kier molecular flexibility index (Phi) is 3.56. The van der Waals surface area contributed by atoms with Gasteiger partial charge >= 0.3 is 5.97 Å². The number of carboxylic acids is 1. The molecule has 1 saturated heterocycles. The monoisotopic (exact) mass is 289 g/mol. The van der Waals surface area contributed by atoms with Crippen molar-refractivity contribution in [2.45, 2.75) is 0 Å². The molecule has 0 atom stereocenters. The van der Waals surface area contributed by atoms with Crippen LogP contribution in [0.2, 0.25) is 0 Å². The van der Waals surface area contributed by atoms with Crippen LogP contribution in [-0.4, -0.2) is 42.2 Å². The fourth-order valence-corrected chi connectivity index (χ4v) is 3.04. The zero-order valence-electron chi connectivity index (χ0n) is 10.9. The van der Waals surface area contributed by atoms with E-state index in [2.05, 4.69) is 14.8 Å². The molecule has 20 heavy (non-hydrogen) atoms. The fraction of sp³-hybridized carbons (Fsp3) is 0.286. The maximum absolute atomic E-state index is 10.8. The van der Waals surface area contributed by atoms with Crippen LogP contribution in [0.5, 0.6) is 0 Å². The first-order valence-corrected chi connectivity index (χ1v) is 7.35. The smallest absolute Gasteiger partial charge is 0.335 e. The number of rotatable bonds is 3. The van der Waals surface area contributed by atoms with Crippen molar-refractivity contribution in [1.82, 2.24) is 4.98 Å². The Bertz CT molecular complexity index is 575. The summed E-state index contributed by atoms with van der Waals surface area (Å²) in [6, 6.07) is 7.07. The van der Waals surface area contributed by atoms with Crippen molar-refractivity contribution in [3.63, 3.8) is 0 Å². The van der Waals surface area contributed by atoms with E-state index in [4.69, 9.17) is 5.11 Å². The molecule has 5 nitrogen and oxygen atoms in total. The number of carboxylic acid groups (broad SMARTS) is 1. The van der Waals surface area contributed by atoms with Crippen LogP contribution in [-0.2, 0) is 0 Å². The van der Waals surface area contributed by atoms with E-state index in [1.54, 1.807) is 23.5 Å². The van der Waals surface area contributed by atoms with Crippen LogP contribution in [0.25, 0.3) is 0 Å². The van der Waals surface area contributed by atoms with Gasteiger partial charge in [-0.15, -0.1) is 11.3 Å². The first kappa shape index (κ1) is 12.9. The van der Waals surface area contributed by atoms with Crippen molar-refractivity contribution >= 4 is 28.1 Å². The molecule has 1 N–H and O–H groups in total. The molecule has 6 heteroatoms. The van der Waals surface area contributed by atoms with Gasteiger partial charge in [-0.2, -0.15) is 0 Å². The molecule has 1 aliphatic heterocycles. The van der Waals surface area contributed by atoms with Crippen molar-refractivity contribution in [3.8, 4) is 0 Å². The molecule has 2 aromatic rings. The standard InChI is InChI=1S/C14H15N3O2S/c18-13(19)11-1-3-12(4-2-11)16-6-8-17(9-7-16)14-15-5-10-20-14/h1-5,10H,6-9H2,(H,18,19). The summed E-state index contributed by atoms with van der Waals surface area (Å²) in [7, 11) is 0. The van der Waals surface area contributed by atoms with Crippen molar-refractivity contribution in [1.29, 1.82) is 0 Å². The lowest BCUT2D eigenvalue weighted by Crippen LogP contribution is -2.46. The number of carbonyl (C=O) groups is 1. The van der Waals surface area contributed by atoms with Gasteiger partial charge in [0.25, 0.3) is 0 Å². The molecule has 0 unspecified atom stereocenters. The van der Waals surface area contributed by atoms with Gasteiger partial charge in [-0.1, -0.05) is 0 Å². The van der Waals surface area contributed by atoms with Gasteiger partial charge in [0.1, 0.15) is 0 Å². The third-order valence-corrected chi connectivity index (χ3v) is 4.28. The fourth-order valence-electron chi connectivity index (χ4n) is 2.34. The Morgan fingerprint density at radius 2 is 1.75 bits per heavy atom. The van der Waals surface area contributed by atoms with Crippen molar-refractivity contribution in [3.05, 3.63) is 41.4 Å². The van der Waals surface area contributed by atoms with E-state index >= 15 is 0 Å². The number of thiazole rings is 1. The molecule has 0 saturated carbocycles. The van der Waals surface area contributed by atoms with Crippen LogP contribution in [0, 0.1) is 0 Å². The minimum atomic E-state index is -0.884. The number of benzene rings is 1. The third kappa shape index (κ3) is 2.60. The highest BCUT2D eigenvalue weighted by Crippen LogP contribution is 2.22. The quantitative estimate of drug-likeness (QED) is 0.938. The molecule has 0 amide bonds. The second kappa shape index (κ2) is 5.50. The van der Waals surface area contributed by atoms with Gasteiger partial charge in [-0.25, -0.2) is 9.78 Å². The molecule has 2 heterocycles. The summed E-state index contributed by atoms with van der Waals surface area (Å²) in [6.07, 6.45) is 1.83. The summed E-state index contributed by atoms with van der Waals surface area (Å²) >= 11 is 1.66. The number of hydrogen-bond donors (Lipinski definition) is 1. The molecule has 1 aliphatic rings. The van der Waals surface area contributed by atoms with E-state index in [0.29, 0.717) is 5.56 Å². The molecule has 0 bridgehead atoms. The van der Waals surface area contributed by atoms with Gasteiger partial charge in [0.05, 0.1) is 5.56 Å². The van der Waals surface area contributed by atoms with Crippen molar-refractivity contribution in [2.24, 2.45) is 0 Å². The average Bonchev–Trinajstić information content (AvgIpc) is 3.02. The van der Waals surface area contributed by atoms with Gasteiger partial charge in [-0.05, 0) is 24.3 Å². The highest BCUT2D eigenvalue weighted by molar-refractivity contribution is 7.13. The second-order valence-electron chi connectivity index (χ2n) is 4.64. The lowest BCUT2D eigenvalue weighted by molar-refractivity contribution is 0.0697. The predicted octanol–water partition coefficient (Wildman–Crippen LogP) is 2.17. The number of hydrogen-bond acceptors (Lipinski definition) is 5. The normalized spacial score (nSPS) is 15.4. The Morgan fingerprint density at radius 1 is 1.10 bits per heavy atom. The molecular formula is C14H15N3O2S. The molecule has 1 aromatic carbocycles. The first-order valence-electron chi connectivity index (χ1n) is 6.47. The van der Waals surface area contributed by atoms with Crippen molar-refractivity contribution < 1.29 is 9.90 Å². The van der Waals surface area contributed by atoms with E-state index in [1.807, 2.05) is 23.7 Å². The summed E-state index contributed by atoms with van der Waals surface area (Å²) in [6.45, 7) is 3.72. The Morgan fingerprint density at radius 3 is 2.30 bits per heavy atom. The minimum absolute atomic E-state index is 0.329. The van der Waals surface area contributed by atoms with Crippen LogP contribution in [0.4, 0.5) is 10.8 Å². The van der Waals surface area contributed by atoms with Crippen LogP contribution in [0.3, 0.4) is 0 Å². The number of nitrogens with zero attached hydrogens (tertiary/aromatic N) is 3. The molecular weight excluding hydrogens is 274 g/mol. The van der Waals surface area contributed by atoms with E-state index in [9.17, 15) is 4.79 Å². The van der Waals surface area contributed by atoms with E-state index in [1.165, 1.54) is 0 Å². The van der Waals surface area contributed by atoms with Gasteiger partial charge in [0.15, 0.2) is 5.13 Å². The minimum Gasteiger partial charge on any atom is -0.478 e. The average molecular weight is 289 g/mol. The zero-order chi connectivity index (χ0) is 13.9. The summed E-state index contributed by atoms with van der Waals surface area (Å²) < 4.78 is 0. The number of anilines is 2. The molecule has 0 spiro atoms. The summed E-state index contributed by atoms with van der Waals surface area (Å²) in [4.78, 5) is 19.7. The number of aromatic carboxylic acids is 1. The highest BCUT2D eigenvalue weighted by atomic mass is 32.1. The maximum Gasteiger partial charge on any atom is 0.335 e. The summed E-state index contributed by atoms with van der Waals surface area (Å²) in [5.41, 5.74) is 1.41. The van der Waals surface area contributed by atoms with E-state index in [-0.39, 0.29) is 0 Å². The van der Waals surface area contributed by atoms with Crippen LogP contribution >= 0.6 is 11.3 Å². The number of piperazine rings is 1. The molecule has 0 aliphatic carbocycles. The second-order valence-corrected chi connectivity index (χ2v) is 5.51. The topological polar surface area (TPSA) is 56.7 Å². The Hall–Kier alpha value is -2.08. The molecule has 104 valence electrons. The summed E-state index contributed by atoms with van der Waals surface area (Å²) in [5.74, 6) is -0.884. The van der Waals surface area contributed by atoms with Crippen molar-refractivity contribution in [2.75, 3.05) is 36.0 Å². The molecule has 0 radical (unpaired) electrons. The molecule has 1 fully saturated rings. The van der Waals surface area contributed by atoms with Crippen LogP contribution in [0.1, 0.15) is 10.4 Å². The molecule has 1 aromatic heterocycles. The Balaban J connectivity index is 1.64. The van der Waals surface area contributed by atoms with Gasteiger partial charge in [0, 0.05) is 43.4 Å². The van der Waals surface area contributed by atoms with Crippen LogP contribution < -0.4 is 9.80 Å².